The van der Waals surface area contributed by atoms with E-state index in [1.807, 2.05) is 54.6 Å². The second-order valence-electron chi connectivity index (χ2n) is 6.92. The van der Waals surface area contributed by atoms with Gasteiger partial charge in [0.15, 0.2) is 0 Å². The number of halogens is 1. The second kappa shape index (κ2) is 9.53. The molecule has 7 heteroatoms. The number of carbonyl (C=O) groups is 2. The highest BCUT2D eigenvalue weighted by molar-refractivity contribution is 9.10. The van der Waals surface area contributed by atoms with Crippen LogP contribution in [0.25, 0.3) is 22.2 Å². The largest absolute Gasteiger partial charge is 0.426 e. The number of carbonyl (C=O) groups excluding carboxylic acids is 2. The van der Waals surface area contributed by atoms with Gasteiger partial charge in [-0.2, -0.15) is 5.10 Å². The number of fused-ring (bicyclic) bond motifs is 1. The molecule has 0 radical (unpaired) electrons. The highest BCUT2D eigenvalue weighted by Crippen LogP contribution is 2.26. The molecule has 32 heavy (non-hydrogen) atoms. The summed E-state index contributed by atoms with van der Waals surface area (Å²) in [6, 6.07) is 24.1. The minimum absolute atomic E-state index is 0.340. The van der Waals surface area contributed by atoms with Crippen LogP contribution in [0, 0.1) is 0 Å². The van der Waals surface area contributed by atoms with E-state index in [9.17, 15) is 9.59 Å². The Kier molecular flexibility index (Phi) is 6.37. The lowest BCUT2D eigenvalue weighted by atomic mass is 10.0. The summed E-state index contributed by atoms with van der Waals surface area (Å²) in [4.78, 5) is 28.8. The van der Waals surface area contributed by atoms with Gasteiger partial charge in [0.05, 0.1) is 27.5 Å². The van der Waals surface area contributed by atoms with E-state index in [1.165, 1.54) is 13.1 Å². The molecule has 4 rings (SSSR count). The molecule has 0 fully saturated rings. The molecule has 0 saturated heterocycles. The predicted molar refractivity (Wildman–Crippen MR) is 128 cm³/mol. The smallest absolute Gasteiger partial charge is 0.308 e. The number of nitrogens with zero attached hydrogens (tertiary/aromatic N) is 2. The van der Waals surface area contributed by atoms with Crippen molar-refractivity contribution in [2.45, 2.75) is 6.92 Å². The van der Waals surface area contributed by atoms with Crippen molar-refractivity contribution in [1.82, 2.24) is 10.4 Å². The summed E-state index contributed by atoms with van der Waals surface area (Å²) in [5, 5.41) is 4.83. The lowest BCUT2D eigenvalue weighted by Gasteiger charge is -2.09. The summed E-state index contributed by atoms with van der Waals surface area (Å²) in [6.07, 6.45) is 1.52. The predicted octanol–water partition coefficient (Wildman–Crippen LogP) is 5.35. The number of para-hydroxylation sites is 1. The van der Waals surface area contributed by atoms with Gasteiger partial charge < -0.3 is 4.74 Å². The standard InChI is InChI=1S/C25H18BrN3O3/c1-16(30)32-24-12-11-17(13-21(24)26)15-27-29-25(31)20-14-23(18-7-3-2-4-8-18)28-22-10-6-5-9-19(20)22/h2-15H,1H3,(H,29,31)/b27-15-. The molecule has 4 aromatic rings. The monoisotopic (exact) mass is 487 g/mol. The fourth-order valence-electron chi connectivity index (χ4n) is 3.18. The number of hydrogen-bond donors (Lipinski definition) is 1. The van der Waals surface area contributed by atoms with Crippen molar-refractivity contribution in [3.63, 3.8) is 0 Å². The van der Waals surface area contributed by atoms with Crippen molar-refractivity contribution >= 4 is 44.9 Å². The molecule has 1 N–H and O–H groups in total. The molecule has 0 aliphatic heterocycles. The molecule has 0 unspecified atom stereocenters. The molecule has 6 nitrogen and oxygen atoms in total. The Morgan fingerprint density at radius 3 is 2.50 bits per heavy atom. The number of hydrazone groups is 1. The molecule has 0 aliphatic carbocycles. The fraction of sp³-hybridized carbons (Fsp3) is 0.0400. The Bertz CT molecular complexity index is 1340. The number of ether oxygens (including phenoxy) is 1. The van der Waals surface area contributed by atoms with Crippen LogP contribution in [0.4, 0.5) is 0 Å². The Morgan fingerprint density at radius 2 is 1.75 bits per heavy atom. The van der Waals surface area contributed by atoms with Gasteiger partial charge in [-0.25, -0.2) is 10.4 Å². The van der Waals surface area contributed by atoms with Crippen LogP contribution in [-0.4, -0.2) is 23.1 Å². The van der Waals surface area contributed by atoms with Crippen LogP contribution in [-0.2, 0) is 4.79 Å². The van der Waals surface area contributed by atoms with Crippen LogP contribution >= 0.6 is 15.9 Å². The topological polar surface area (TPSA) is 80.6 Å². The van der Waals surface area contributed by atoms with Gasteiger partial charge in [-0.3, -0.25) is 9.59 Å². The van der Waals surface area contributed by atoms with Crippen LogP contribution in [0.3, 0.4) is 0 Å². The Balaban J connectivity index is 1.59. The van der Waals surface area contributed by atoms with Gasteiger partial charge in [-0.1, -0.05) is 48.5 Å². The van der Waals surface area contributed by atoms with E-state index in [-0.39, 0.29) is 5.91 Å². The van der Waals surface area contributed by atoms with Crippen molar-refractivity contribution in [1.29, 1.82) is 0 Å². The van der Waals surface area contributed by atoms with E-state index in [2.05, 4.69) is 26.5 Å². The second-order valence-corrected chi connectivity index (χ2v) is 7.78. The number of nitrogens with one attached hydrogen (secondary N) is 1. The van der Waals surface area contributed by atoms with Gasteiger partial charge in [0.25, 0.3) is 5.91 Å². The van der Waals surface area contributed by atoms with Gasteiger partial charge in [0.2, 0.25) is 0 Å². The molecule has 1 amide bonds. The van der Waals surface area contributed by atoms with Crippen LogP contribution < -0.4 is 10.2 Å². The maximum Gasteiger partial charge on any atom is 0.308 e. The van der Waals surface area contributed by atoms with Crippen molar-refractivity contribution in [3.05, 3.63) is 94.5 Å². The SMILES string of the molecule is CC(=O)Oc1ccc(/C=N\NC(=O)c2cc(-c3ccccc3)nc3ccccc23)cc1Br. The Morgan fingerprint density at radius 1 is 1.00 bits per heavy atom. The first-order valence-corrected chi connectivity index (χ1v) is 10.6. The van der Waals surface area contributed by atoms with Crippen molar-refractivity contribution < 1.29 is 14.3 Å². The highest BCUT2D eigenvalue weighted by Gasteiger charge is 2.13. The van der Waals surface area contributed by atoms with Gasteiger partial charge in [0, 0.05) is 17.9 Å². The molecule has 0 atom stereocenters. The Hall–Kier alpha value is -3.84. The number of hydrogen-bond acceptors (Lipinski definition) is 5. The van der Waals surface area contributed by atoms with E-state index in [4.69, 9.17) is 9.72 Å². The molecule has 158 valence electrons. The molecule has 0 aliphatic rings. The normalized spacial score (nSPS) is 10.9. The average molecular weight is 488 g/mol. The summed E-state index contributed by atoms with van der Waals surface area (Å²) in [5.74, 6) is -0.332. The quantitative estimate of drug-likeness (QED) is 0.178. The van der Waals surface area contributed by atoms with Crippen molar-refractivity contribution in [2.75, 3.05) is 0 Å². The van der Waals surface area contributed by atoms with Gasteiger partial charge in [-0.05, 0) is 51.8 Å². The third-order valence-corrected chi connectivity index (χ3v) is 5.24. The minimum Gasteiger partial charge on any atom is -0.426 e. The molecule has 1 heterocycles. The minimum atomic E-state index is -0.404. The molecular formula is C25H18BrN3O3. The van der Waals surface area contributed by atoms with Gasteiger partial charge in [-0.15, -0.1) is 0 Å². The van der Waals surface area contributed by atoms with E-state index in [0.29, 0.717) is 21.5 Å². The van der Waals surface area contributed by atoms with Crippen LogP contribution in [0.5, 0.6) is 5.75 Å². The number of pyridine rings is 1. The number of aromatic nitrogens is 1. The number of benzene rings is 3. The maximum absolute atomic E-state index is 13.0. The number of amides is 1. The average Bonchev–Trinajstić information content (AvgIpc) is 2.80. The van der Waals surface area contributed by atoms with Crippen LogP contribution in [0.2, 0.25) is 0 Å². The summed E-state index contributed by atoms with van der Waals surface area (Å²) in [7, 11) is 0. The van der Waals surface area contributed by atoms with E-state index in [1.54, 1.807) is 24.3 Å². The first kappa shape index (κ1) is 21.4. The van der Waals surface area contributed by atoms with Gasteiger partial charge >= 0.3 is 5.97 Å². The Labute approximate surface area is 193 Å². The molecular weight excluding hydrogens is 470 g/mol. The van der Waals surface area contributed by atoms with E-state index < -0.39 is 5.97 Å². The third-order valence-electron chi connectivity index (χ3n) is 4.62. The van der Waals surface area contributed by atoms with Crippen LogP contribution in [0.15, 0.2) is 88.4 Å². The molecule has 0 bridgehead atoms. The van der Waals surface area contributed by atoms with Crippen LogP contribution in [0.1, 0.15) is 22.8 Å². The summed E-state index contributed by atoms with van der Waals surface area (Å²) >= 11 is 3.36. The van der Waals surface area contributed by atoms with E-state index >= 15 is 0 Å². The molecule has 0 spiro atoms. The van der Waals surface area contributed by atoms with Gasteiger partial charge in [0.1, 0.15) is 5.75 Å². The number of rotatable bonds is 5. The molecule has 3 aromatic carbocycles. The first-order valence-electron chi connectivity index (χ1n) is 9.78. The number of esters is 1. The van der Waals surface area contributed by atoms with Crippen molar-refractivity contribution in [2.24, 2.45) is 5.10 Å². The zero-order chi connectivity index (χ0) is 22.5. The lowest BCUT2D eigenvalue weighted by Crippen LogP contribution is -2.18. The summed E-state index contributed by atoms with van der Waals surface area (Å²) in [5.41, 5.74) is 6.16. The summed E-state index contributed by atoms with van der Waals surface area (Å²) in [6.45, 7) is 1.34. The van der Waals surface area contributed by atoms with Crippen molar-refractivity contribution in [3.8, 4) is 17.0 Å². The van der Waals surface area contributed by atoms with E-state index in [0.717, 1.165) is 22.0 Å². The lowest BCUT2D eigenvalue weighted by molar-refractivity contribution is -0.131. The zero-order valence-corrected chi connectivity index (χ0v) is 18.7. The third kappa shape index (κ3) is 4.90. The molecule has 0 saturated carbocycles. The fourth-order valence-corrected chi connectivity index (χ4v) is 3.66. The highest BCUT2D eigenvalue weighted by atomic mass is 79.9. The first-order chi connectivity index (χ1) is 15.5. The zero-order valence-electron chi connectivity index (χ0n) is 17.1. The maximum atomic E-state index is 13.0. The summed E-state index contributed by atoms with van der Waals surface area (Å²) < 4.78 is 5.69. The molecule has 1 aromatic heterocycles.